The molecule has 1 aliphatic heterocycles. The van der Waals surface area contributed by atoms with Crippen LogP contribution >= 0.6 is 23.2 Å². The van der Waals surface area contributed by atoms with Crippen LogP contribution in [0.3, 0.4) is 0 Å². The number of aryl methyl sites for hydroxylation is 2. The molecule has 2 aromatic carbocycles. The van der Waals surface area contributed by atoms with Gasteiger partial charge in [-0.05, 0) is 56.5 Å². The van der Waals surface area contributed by atoms with Crippen LogP contribution in [-0.2, 0) is 31.0 Å². The van der Waals surface area contributed by atoms with Gasteiger partial charge in [-0.1, -0.05) is 35.3 Å². The molecule has 3 aromatic rings. The van der Waals surface area contributed by atoms with Gasteiger partial charge < -0.3 is 14.8 Å². The number of rotatable bonds is 9. The van der Waals surface area contributed by atoms with Crippen molar-refractivity contribution in [1.29, 1.82) is 0 Å². The van der Waals surface area contributed by atoms with Gasteiger partial charge in [0.25, 0.3) is 0 Å². The van der Waals surface area contributed by atoms with Crippen molar-refractivity contribution in [3.05, 3.63) is 63.3 Å². The average molecular weight is 595 g/mol. The SMILES string of the molecule is COC(=O)CCNC(=O)C1CCCN1S(=O)(=O)c1ccc(Cl)c(COc2cccc3c(C)cc(C)nc23)c1Cl. The molecule has 0 saturated carbocycles. The Morgan fingerprint density at radius 3 is 2.69 bits per heavy atom. The number of methoxy groups -OCH3 is 1. The van der Waals surface area contributed by atoms with Crippen LogP contribution in [0, 0.1) is 13.8 Å². The predicted octanol–water partition coefficient (Wildman–Crippen LogP) is 4.57. The second-order valence-corrected chi connectivity index (χ2v) is 11.9. The number of carbonyl (C=O) groups is 2. The summed E-state index contributed by atoms with van der Waals surface area (Å²) in [5, 5.41) is 3.73. The number of esters is 1. The van der Waals surface area contributed by atoms with Crippen LogP contribution in [0.15, 0.2) is 41.3 Å². The zero-order valence-corrected chi connectivity index (χ0v) is 24.1. The van der Waals surface area contributed by atoms with Crippen molar-refractivity contribution in [2.24, 2.45) is 0 Å². The van der Waals surface area contributed by atoms with E-state index in [9.17, 15) is 18.0 Å². The largest absolute Gasteiger partial charge is 0.487 e. The Kier molecular flexibility index (Phi) is 9.00. The Hall–Kier alpha value is -2.92. The van der Waals surface area contributed by atoms with E-state index in [1.54, 1.807) is 6.07 Å². The third-order valence-electron chi connectivity index (χ3n) is 6.61. The topological polar surface area (TPSA) is 115 Å². The van der Waals surface area contributed by atoms with Crippen LogP contribution < -0.4 is 10.1 Å². The molecule has 12 heteroatoms. The van der Waals surface area contributed by atoms with E-state index < -0.39 is 27.9 Å². The lowest BCUT2D eigenvalue weighted by molar-refractivity contribution is -0.140. The zero-order valence-electron chi connectivity index (χ0n) is 21.8. The number of carbonyl (C=O) groups excluding carboxylic acids is 2. The van der Waals surface area contributed by atoms with Gasteiger partial charge in [0.2, 0.25) is 15.9 Å². The smallest absolute Gasteiger partial charge is 0.307 e. The molecule has 1 aliphatic rings. The van der Waals surface area contributed by atoms with E-state index in [0.717, 1.165) is 20.9 Å². The standard InChI is InChI=1S/C27H29Cl2N3O6S/c1-16-14-17(2)31-26-18(16)6-4-8-22(26)38-15-19-20(28)9-10-23(25(19)29)39(35,36)32-13-5-7-21(32)27(34)30-12-11-24(33)37-3/h4,6,8-10,14,21H,5,7,11-13,15H2,1-3H3,(H,30,34). The van der Waals surface area contributed by atoms with Crippen molar-refractivity contribution in [3.63, 3.8) is 0 Å². The molecule has 9 nitrogen and oxygen atoms in total. The first kappa shape index (κ1) is 29.1. The number of hydrogen-bond donors (Lipinski definition) is 1. The minimum Gasteiger partial charge on any atom is -0.487 e. The molecule has 0 bridgehead atoms. The molecule has 1 atom stereocenters. The number of halogens is 2. The second-order valence-electron chi connectivity index (χ2n) is 9.25. The van der Waals surface area contributed by atoms with Gasteiger partial charge in [-0.25, -0.2) is 13.4 Å². The quantitative estimate of drug-likeness (QED) is 0.361. The van der Waals surface area contributed by atoms with Crippen LogP contribution in [0.4, 0.5) is 0 Å². The molecule has 4 rings (SSSR count). The Labute approximate surface area is 237 Å². The summed E-state index contributed by atoms with van der Waals surface area (Å²) >= 11 is 13.1. The molecule has 0 radical (unpaired) electrons. The third kappa shape index (κ3) is 6.14. The Bertz CT molecular complexity index is 1530. The first-order valence-corrected chi connectivity index (χ1v) is 14.6. The predicted molar refractivity (Wildman–Crippen MR) is 149 cm³/mol. The van der Waals surface area contributed by atoms with Crippen molar-refractivity contribution in [1.82, 2.24) is 14.6 Å². The Morgan fingerprint density at radius 1 is 1.18 bits per heavy atom. The first-order chi connectivity index (χ1) is 18.5. The van der Waals surface area contributed by atoms with E-state index in [-0.39, 0.29) is 41.1 Å². The van der Waals surface area contributed by atoms with E-state index in [1.165, 1.54) is 19.2 Å². The van der Waals surface area contributed by atoms with Crippen LogP contribution in [0.2, 0.25) is 10.0 Å². The van der Waals surface area contributed by atoms with Gasteiger partial charge in [-0.2, -0.15) is 4.31 Å². The molecular formula is C27H29Cl2N3O6S. The molecule has 1 N–H and O–H groups in total. The summed E-state index contributed by atoms with van der Waals surface area (Å²) in [6, 6.07) is 9.44. The number of ether oxygens (including phenoxy) is 2. The molecule has 208 valence electrons. The molecule has 1 aromatic heterocycles. The fourth-order valence-corrected chi connectivity index (χ4v) is 7.17. The van der Waals surface area contributed by atoms with E-state index in [0.29, 0.717) is 29.7 Å². The Morgan fingerprint density at radius 2 is 1.95 bits per heavy atom. The zero-order chi connectivity index (χ0) is 28.3. The normalized spacial score (nSPS) is 15.9. The van der Waals surface area contributed by atoms with Gasteiger partial charge in [0, 0.05) is 34.8 Å². The minimum absolute atomic E-state index is 0.0144. The van der Waals surface area contributed by atoms with Gasteiger partial charge >= 0.3 is 5.97 Å². The lowest BCUT2D eigenvalue weighted by Crippen LogP contribution is -2.46. The van der Waals surface area contributed by atoms with E-state index in [1.807, 2.05) is 32.0 Å². The summed E-state index contributed by atoms with van der Waals surface area (Å²) < 4.78 is 39.1. The number of amides is 1. The van der Waals surface area contributed by atoms with Crippen molar-refractivity contribution in [2.75, 3.05) is 20.2 Å². The van der Waals surface area contributed by atoms with Gasteiger partial charge in [0.15, 0.2) is 0 Å². The molecular weight excluding hydrogens is 565 g/mol. The molecule has 0 spiro atoms. The monoisotopic (exact) mass is 593 g/mol. The maximum atomic E-state index is 13.7. The lowest BCUT2D eigenvalue weighted by Gasteiger charge is -2.24. The number of benzene rings is 2. The summed E-state index contributed by atoms with van der Waals surface area (Å²) in [4.78, 5) is 28.6. The maximum absolute atomic E-state index is 13.7. The van der Waals surface area contributed by atoms with Gasteiger partial charge in [-0.3, -0.25) is 9.59 Å². The second kappa shape index (κ2) is 12.1. The molecule has 1 fully saturated rings. The average Bonchev–Trinajstić information content (AvgIpc) is 3.40. The molecule has 1 saturated heterocycles. The number of nitrogens with zero attached hydrogens (tertiary/aromatic N) is 2. The number of fused-ring (bicyclic) bond motifs is 1. The highest BCUT2D eigenvalue weighted by molar-refractivity contribution is 7.89. The maximum Gasteiger partial charge on any atom is 0.307 e. The lowest BCUT2D eigenvalue weighted by atomic mass is 10.1. The summed E-state index contributed by atoms with van der Waals surface area (Å²) in [6.45, 7) is 4.00. The van der Waals surface area contributed by atoms with E-state index >= 15 is 0 Å². The molecule has 1 amide bonds. The first-order valence-electron chi connectivity index (χ1n) is 12.4. The minimum atomic E-state index is -4.16. The molecule has 1 unspecified atom stereocenters. The van der Waals surface area contributed by atoms with Gasteiger partial charge in [0.05, 0.1) is 18.6 Å². The van der Waals surface area contributed by atoms with Crippen molar-refractivity contribution >= 4 is 56.0 Å². The number of aromatic nitrogens is 1. The van der Waals surface area contributed by atoms with Crippen molar-refractivity contribution in [2.45, 2.75) is 50.7 Å². The summed E-state index contributed by atoms with van der Waals surface area (Å²) in [5.74, 6) is -0.441. The Balaban J connectivity index is 1.58. The summed E-state index contributed by atoms with van der Waals surface area (Å²) in [6.07, 6.45) is 0.833. The van der Waals surface area contributed by atoms with E-state index in [2.05, 4.69) is 15.0 Å². The van der Waals surface area contributed by atoms with Crippen LogP contribution in [0.5, 0.6) is 5.75 Å². The fourth-order valence-electron chi connectivity index (χ4n) is 4.65. The number of para-hydroxylation sites is 1. The number of hydrogen-bond acceptors (Lipinski definition) is 7. The highest BCUT2D eigenvalue weighted by Crippen LogP contribution is 2.36. The van der Waals surface area contributed by atoms with Crippen LogP contribution in [0.1, 0.15) is 36.1 Å². The van der Waals surface area contributed by atoms with Gasteiger partial charge in [0.1, 0.15) is 28.8 Å². The number of pyridine rings is 1. The van der Waals surface area contributed by atoms with Crippen LogP contribution in [-0.4, -0.2) is 55.8 Å². The molecule has 39 heavy (non-hydrogen) atoms. The third-order valence-corrected chi connectivity index (χ3v) is 9.46. The number of sulfonamides is 1. The van der Waals surface area contributed by atoms with Gasteiger partial charge in [-0.15, -0.1) is 0 Å². The summed E-state index contributed by atoms with van der Waals surface area (Å²) in [5.41, 5.74) is 2.89. The highest BCUT2D eigenvalue weighted by atomic mass is 35.5. The number of nitrogens with one attached hydrogen (secondary N) is 1. The van der Waals surface area contributed by atoms with E-state index in [4.69, 9.17) is 27.9 Å². The fraction of sp³-hybridized carbons (Fsp3) is 0.370. The summed E-state index contributed by atoms with van der Waals surface area (Å²) in [7, 11) is -2.90. The molecule has 2 heterocycles. The molecule has 0 aliphatic carbocycles. The van der Waals surface area contributed by atoms with Crippen LogP contribution in [0.25, 0.3) is 10.9 Å². The van der Waals surface area contributed by atoms with Crippen molar-refractivity contribution in [3.8, 4) is 5.75 Å². The highest BCUT2D eigenvalue weighted by Gasteiger charge is 2.40. The van der Waals surface area contributed by atoms with Crippen molar-refractivity contribution < 1.29 is 27.5 Å².